The van der Waals surface area contributed by atoms with Gasteiger partial charge in [-0.15, -0.1) is 0 Å². The van der Waals surface area contributed by atoms with E-state index in [1.165, 1.54) is 44.9 Å². The Kier molecular flexibility index (Phi) is 7.38. The molecular weight excluding hydrogens is 222 g/mol. The van der Waals surface area contributed by atoms with Crippen LogP contribution in [0.1, 0.15) is 85.0 Å². The summed E-state index contributed by atoms with van der Waals surface area (Å²) in [5.74, 6) is 0.407. The van der Waals surface area contributed by atoms with Gasteiger partial charge in [-0.25, -0.2) is 0 Å². The van der Waals surface area contributed by atoms with Gasteiger partial charge in [0.25, 0.3) is 0 Å². The zero-order chi connectivity index (χ0) is 13.4. The SMILES string of the molecule is CCCCCC(=O)N(C(C)CC)C1CCCCC1. The first-order chi connectivity index (χ1) is 8.70. The molecule has 1 amide bonds. The molecule has 0 saturated heterocycles. The molecule has 0 radical (unpaired) electrons. The molecule has 0 N–H and O–H groups in total. The molecule has 106 valence electrons. The Bertz CT molecular complexity index is 233. The second kappa shape index (κ2) is 8.55. The first-order valence-electron chi connectivity index (χ1n) is 8.01. The van der Waals surface area contributed by atoms with Crippen LogP contribution < -0.4 is 0 Å². The average Bonchev–Trinajstić information content (AvgIpc) is 2.40. The van der Waals surface area contributed by atoms with Crippen molar-refractivity contribution in [3.05, 3.63) is 0 Å². The molecule has 1 atom stereocenters. The minimum Gasteiger partial charge on any atom is -0.337 e. The normalized spacial score (nSPS) is 18.6. The number of hydrogen-bond acceptors (Lipinski definition) is 1. The standard InChI is InChI=1S/C16H31NO/c1-4-6-8-13-16(18)17(14(3)5-2)15-11-9-7-10-12-15/h14-15H,4-13H2,1-3H3. The lowest BCUT2D eigenvalue weighted by Gasteiger charge is -2.38. The molecule has 1 aliphatic rings. The van der Waals surface area contributed by atoms with Crippen LogP contribution in [0.4, 0.5) is 0 Å². The summed E-state index contributed by atoms with van der Waals surface area (Å²) in [7, 11) is 0. The number of hydrogen-bond donors (Lipinski definition) is 0. The molecule has 0 aliphatic heterocycles. The Hall–Kier alpha value is -0.530. The van der Waals surface area contributed by atoms with E-state index in [9.17, 15) is 4.79 Å². The molecule has 18 heavy (non-hydrogen) atoms. The number of nitrogens with zero attached hydrogens (tertiary/aromatic N) is 1. The quantitative estimate of drug-likeness (QED) is 0.611. The molecule has 0 aromatic heterocycles. The number of amides is 1. The third-order valence-electron chi connectivity index (χ3n) is 4.32. The van der Waals surface area contributed by atoms with Crippen molar-refractivity contribution < 1.29 is 4.79 Å². The lowest BCUT2D eigenvalue weighted by molar-refractivity contribution is -0.136. The van der Waals surface area contributed by atoms with Crippen molar-refractivity contribution in [3.8, 4) is 0 Å². The Morgan fingerprint density at radius 3 is 2.39 bits per heavy atom. The fourth-order valence-corrected chi connectivity index (χ4v) is 3.02. The topological polar surface area (TPSA) is 20.3 Å². The third-order valence-corrected chi connectivity index (χ3v) is 4.32. The predicted molar refractivity (Wildman–Crippen MR) is 77.6 cm³/mol. The molecule has 1 fully saturated rings. The van der Waals surface area contributed by atoms with E-state index in [1.54, 1.807) is 0 Å². The van der Waals surface area contributed by atoms with Crippen LogP contribution in [0.2, 0.25) is 0 Å². The molecule has 2 heteroatoms. The number of carbonyl (C=O) groups is 1. The minimum atomic E-state index is 0.407. The second-order valence-corrected chi connectivity index (χ2v) is 5.81. The van der Waals surface area contributed by atoms with Gasteiger partial charge < -0.3 is 4.90 Å². The Morgan fingerprint density at radius 1 is 1.17 bits per heavy atom. The van der Waals surface area contributed by atoms with Crippen molar-refractivity contribution in [2.75, 3.05) is 0 Å². The first-order valence-corrected chi connectivity index (χ1v) is 8.01. The molecule has 1 rings (SSSR count). The maximum absolute atomic E-state index is 12.4. The van der Waals surface area contributed by atoms with E-state index in [1.807, 2.05) is 0 Å². The third kappa shape index (κ3) is 4.62. The monoisotopic (exact) mass is 253 g/mol. The van der Waals surface area contributed by atoms with Crippen LogP contribution in [-0.4, -0.2) is 22.9 Å². The van der Waals surface area contributed by atoms with Crippen molar-refractivity contribution in [2.24, 2.45) is 0 Å². The van der Waals surface area contributed by atoms with Crippen molar-refractivity contribution in [2.45, 2.75) is 97.1 Å². The van der Waals surface area contributed by atoms with Gasteiger partial charge >= 0.3 is 0 Å². The number of rotatable bonds is 7. The highest BCUT2D eigenvalue weighted by molar-refractivity contribution is 5.76. The largest absolute Gasteiger partial charge is 0.337 e. The fraction of sp³-hybridized carbons (Fsp3) is 0.938. The van der Waals surface area contributed by atoms with Gasteiger partial charge in [0, 0.05) is 18.5 Å². The van der Waals surface area contributed by atoms with E-state index in [0.29, 0.717) is 18.0 Å². The van der Waals surface area contributed by atoms with Crippen LogP contribution in [-0.2, 0) is 4.79 Å². The molecule has 2 nitrogen and oxygen atoms in total. The molecular formula is C16H31NO. The van der Waals surface area contributed by atoms with Gasteiger partial charge in [0.2, 0.25) is 5.91 Å². The smallest absolute Gasteiger partial charge is 0.223 e. The number of unbranched alkanes of at least 4 members (excludes halogenated alkanes) is 2. The Balaban J connectivity index is 2.55. The molecule has 0 aromatic rings. The van der Waals surface area contributed by atoms with Gasteiger partial charge in [-0.1, -0.05) is 46.0 Å². The van der Waals surface area contributed by atoms with Crippen LogP contribution in [0.25, 0.3) is 0 Å². The van der Waals surface area contributed by atoms with Gasteiger partial charge in [0.15, 0.2) is 0 Å². The van der Waals surface area contributed by atoms with Gasteiger partial charge in [-0.05, 0) is 32.6 Å². The van der Waals surface area contributed by atoms with Gasteiger partial charge in [-0.3, -0.25) is 4.79 Å². The highest BCUT2D eigenvalue weighted by Gasteiger charge is 2.27. The summed E-state index contributed by atoms with van der Waals surface area (Å²) in [5, 5.41) is 0. The van der Waals surface area contributed by atoms with Crippen LogP contribution in [0.5, 0.6) is 0 Å². The van der Waals surface area contributed by atoms with E-state index in [0.717, 1.165) is 19.3 Å². The highest BCUT2D eigenvalue weighted by Crippen LogP contribution is 2.26. The van der Waals surface area contributed by atoms with E-state index in [2.05, 4.69) is 25.7 Å². The van der Waals surface area contributed by atoms with Crippen LogP contribution in [0, 0.1) is 0 Å². The summed E-state index contributed by atoms with van der Waals surface area (Å²) in [5.41, 5.74) is 0. The van der Waals surface area contributed by atoms with Gasteiger partial charge in [0.1, 0.15) is 0 Å². The van der Waals surface area contributed by atoms with E-state index in [4.69, 9.17) is 0 Å². The minimum absolute atomic E-state index is 0.407. The van der Waals surface area contributed by atoms with E-state index in [-0.39, 0.29) is 0 Å². The predicted octanol–water partition coefficient (Wildman–Crippen LogP) is 4.53. The van der Waals surface area contributed by atoms with Crippen LogP contribution in [0.15, 0.2) is 0 Å². The molecule has 1 unspecified atom stereocenters. The van der Waals surface area contributed by atoms with E-state index >= 15 is 0 Å². The molecule has 0 aromatic carbocycles. The molecule has 0 heterocycles. The fourth-order valence-electron chi connectivity index (χ4n) is 3.02. The summed E-state index contributed by atoms with van der Waals surface area (Å²) >= 11 is 0. The van der Waals surface area contributed by atoms with Crippen LogP contribution in [0.3, 0.4) is 0 Å². The first kappa shape index (κ1) is 15.5. The lowest BCUT2D eigenvalue weighted by atomic mass is 9.92. The maximum atomic E-state index is 12.4. The summed E-state index contributed by atoms with van der Waals surface area (Å²) in [6.07, 6.45) is 11.7. The van der Waals surface area contributed by atoms with Crippen LogP contribution >= 0.6 is 0 Å². The summed E-state index contributed by atoms with van der Waals surface area (Å²) in [4.78, 5) is 14.7. The Labute approximate surface area is 113 Å². The second-order valence-electron chi connectivity index (χ2n) is 5.81. The lowest BCUT2D eigenvalue weighted by Crippen LogP contribution is -2.46. The molecule has 0 bridgehead atoms. The van der Waals surface area contributed by atoms with Crippen molar-refractivity contribution in [1.82, 2.24) is 4.90 Å². The summed E-state index contributed by atoms with van der Waals surface area (Å²) in [6, 6.07) is 0.949. The Morgan fingerprint density at radius 2 is 1.83 bits per heavy atom. The molecule has 0 spiro atoms. The average molecular weight is 253 g/mol. The maximum Gasteiger partial charge on any atom is 0.223 e. The van der Waals surface area contributed by atoms with Crippen molar-refractivity contribution in [1.29, 1.82) is 0 Å². The summed E-state index contributed by atoms with van der Waals surface area (Å²) < 4.78 is 0. The molecule has 1 saturated carbocycles. The zero-order valence-electron chi connectivity index (χ0n) is 12.6. The number of carbonyl (C=O) groups excluding carboxylic acids is 1. The summed E-state index contributed by atoms with van der Waals surface area (Å²) in [6.45, 7) is 6.60. The zero-order valence-corrected chi connectivity index (χ0v) is 12.6. The van der Waals surface area contributed by atoms with Gasteiger partial charge in [-0.2, -0.15) is 0 Å². The van der Waals surface area contributed by atoms with Gasteiger partial charge in [0.05, 0.1) is 0 Å². The van der Waals surface area contributed by atoms with Crippen molar-refractivity contribution in [3.63, 3.8) is 0 Å². The van der Waals surface area contributed by atoms with Crippen molar-refractivity contribution >= 4 is 5.91 Å². The molecule has 1 aliphatic carbocycles. The van der Waals surface area contributed by atoms with E-state index < -0.39 is 0 Å². The highest BCUT2D eigenvalue weighted by atomic mass is 16.2.